The van der Waals surface area contributed by atoms with Gasteiger partial charge in [-0.15, -0.1) is 0 Å². The molecule has 1 N–H and O–H groups in total. The Hall–Kier alpha value is -1.91. The van der Waals surface area contributed by atoms with Crippen molar-refractivity contribution in [2.24, 2.45) is 17.8 Å². The van der Waals surface area contributed by atoms with E-state index in [1.807, 2.05) is 0 Å². The Labute approximate surface area is 111 Å². The zero-order chi connectivity index (χ0) is 13.6. The Kier molecular flexibility index (Phi) is 2.77. The molecular formula is C14H16N2O3. The van der Waals surface area contributed by atoms with Gasteiger partial charge in [0.15, 0.2) is 0 Å². The number of carbonyl (C=O) groups is 1. The summed E-state index contributed by atoms with van der Waals surface area (Å²) in [5, 5.41) is 13.6. The zero-order valence-corrected chi connectivity index (χ0v) is 10.8. The predicted molar refractivity (Wildman–Crippen MR) is 70.8 cm³/mol. The molecule has 1 amide bonds. The van der Waals surface area contributed by atoms with Crippen molar-refractivity contribution >= 4 is 17.3 Å². The van der Waals surface area contributed by atoms with Crippen LogP contribution >= 0.6 is 0 Å². The summed E-state index contributed by atoms with van der Waals surface area (Å²) < 4.78 is 0. The second kappa shape index (κ2) is 4.33. The van der Waals surface area contributed by atoms with E-state index in [1.165, 1.54) is 18.6 Å². The Morgan fingerprint density at radius 2 is 2.00 bits per heavy atom. The third kappa shape index (κ3) is 2.32. The molecule has 2 aliphatic rings. The molecular weight excluding hydrogens is 244 g/mol. The molecule has 5 nitrogen and oxygen atoms in total. The van der Waals surface area contributed by atoms with Gasteiger partial charge in [0.05, 0.1) is 4.92 Å². The Bertz CT molecular complexity index is 546. The van der Waals surface area contributed by atoms with Crippen molar-refractivity contribution in [1.29, 1.82) is 0 Å². The number of hydrogen-bond acceptors (Lipinski definition) is 3. The first-order valence-electron chi connectivity index (χ1n) is 6.60. The van der Waals surface area contributed by atoms with E-state index in [-0.39, 0.29) is 17.5 Å². The van der Waals surface area contributed by atoms with E-state index in [0.717, 1.165) is 30.2 Å². The van der Waals surface area contributed by atoms with Crippen molar-refractivity contribution in [3.05, 3.63) is 33.9 Å². The summed E-state index contributed by atoms with van der Waals surface area (Å²) in [7, 11) is 0. The highest BCUT2D eigenvalue weighted by Crippen LogP contribution is 2.54. The van der Waals surface area contributed by atoms with Gasteiger partial charge in [0, 0.05) is 23.7 Å². The number of non-ortho nitro benzene ring substituents is 1. The Morgan fingerprint density at radius 3 is 2.58 bits per heavy atom. The lowest BCUT2D eigenvalue weighted by Gasteiger charge is -2.13. The number of nitrogens with zero attached hydrogens (tertiary/aromatic N) is 1. The highest BCUT2D eigenvalue weighted by atomic mass is 16.6. The predicted octanol–water partition coefficient (Wildman–Crippen LogP) is 2.89. The number of carbonyl (C=O) groups excluding carboxylic acids is 1. The second-order valence-electron chi connectivity index (χ2n) is 5.67. The molecule has 5 heteroatoms. The first-order chi connectivity index (χ1) is 9.04. The average Bonchev–Trinajstić information content (AvgIpc) is 2.98. The summed E-state index contributed by atoms with van der Waals surface area (Å²) in [6, 6.07) is 4.53. The SMILES string of the molecule is Cc1cc([N+](=O)[O-])ccc1NC(=O)C1CC2CC2C1. The molecule has 1 aromatic carbocycles. The molecule has 0 radical (unpaired) electrons. The average molecular weight is 260 g/mol. The van der Waals surface area contributed by atoms with E-state index in [0.29, 0.717) is 5.69 Å². The minimum atomic E-state index is -0.427. The highest BCUT2D eigenvalue weighted by molar-refractivity contribution is 5.93. The third-order valence-electron chi connectivity index (χ3n) is 4.29. The molecule has 0 bridgehead atoms. The number of hydrogen-bond donors (Lipinski definition) is 1. The van der Waals surface area contributed by atoms with Gasteiger partial charge < -0.3 is 5.32 Å². The van der Waals surface area contributed by atoms with Crippen LogP contribution in [0.3, 0.4) is 0 Å². The van der Waals surface area contributed by atoms with Crippen LogP contribution in [0.15, 0.2) is 18.2 Å². The maximum Gasteiger partial charge on any atom is 0.269 e. The first-order valence-corrected chi connectivity index (χ1v) is 6.60. The van der Waals surface area contributed by atoms with Crippen LogP contribution in [-0.4, -0.2) is 10.8 Å². The van der Waals surface area contributed by atoms with Gasteiger partial charge in [0.2, 0.25) is 5.91 Å². The van der Waals surface area contributed by atoms with Gasteiger partial charge in [-0.1, -0.05) is 0 Å². The molecule has 100 valence electrons. The summed E-state index contributed by atoms with van der Waals surface area (Å²) >= 11 is 0. The maximum atomic E-state index is 12.1. The van der Waals surface area contributed by atoms with Crippen LogP contribution < -0.4 is 5.32 Å². The fourth-order valence-electron chi connectivity index (χ4n) is 3.07. The fraction of sp³-hybridized carbons (Fsp3) is 0.500. The van der Waals surface area contributed by atoms with Crippen LogP contribution in [0.5, 0.6) is 0 Å². The third-order valence-corrected chi connectivity index (χ3v) is 4.29. The van der Waals surface area contributed by atoms with Crippen molar-refractivity contribution < 1.29 is 9.72 Å². The van der Waals surface area contributed by atoms with Gasteiger partial charge in [0.1, 0.15) is 0 Å². The van der Waals surface area contributed by atoms with Gasteiger partial charge >= 0.3 is 0 Å². The molecule has 2 aliphatic carbocycles. The number of fused-ring (bicyclic) bond motifs is 1. The molecule has 1 aromatic rings. The monoisotopic (exact) mass is 260 g/mol. The second-order valence-corrected chi connectivity index (χ2v) is 5.67. The molecule has 0 aliphatic heterocycles. The minimum absolute atomic E-state index is 0.0533. The molecule has 2 fully saturated rings. The van der Waals surface area contributed by atoms with Crippen LogP contribution in [0.2, 0.25) is 0 Å². The maximum absolute atomic E-state index is 12.1. The van der Waals surface area contributed by atoms with E-state index in [2.05, 4.69) is 5.32 Å². The first kappa shape index (κ1) is 12.1. The number of anilines is 1. The topological polar surface area (TPSA) is 72.2 Å². The van der Waals surface area contributed by atoms with Crippen molar-refractivity contribution in [1.82, 2.24) is 0 Å². The highest BCUT2D eigenvalue weighted by Gasteiger charge is 2.47. The number of nitrogens with one attached hydrogen (secondary N) is 1. The molecule has 2 unspecified atom stereocenters. The van der Waals surface area contributed by atoms with Crippen LogP contribution in [-0.2, 0) is 4.79 Å². The van der Waals surface area contributed by atoms with Crippen molar-refractivity contribution in [3.63, 3.8) is 0 Å². The summed E-state index contributed by atoms with van der Waals surface area (Å²) in [5.74, 6) is 1.73. The summed E-state index contributed by atoms with van der Waals surface area (Å²) in [5.41, 5.74) is 1.46. The zero-order valence-electron chi connectivity index (χ0n) is 10.8. The Balaban J connectivity index is 1.69. The normalized spacial score (nSPS) is 27.7. The molecule has 19 heavy (non-hydrogen) atoms. The number of nitro benzene ring substituents is 1. The minimum Gasteiger partial charge on any atom is -0.326 e. The van der Waals surface area contributed by atoms with Gasteiger partial charge in [-0.05, 0) is 49.7 Å². The lowest BCUT2D eigenvalue weighted by molar-refractivity contribution is -0.384. The fourth-order valence-corrected chi connectivity index (χ4v) is 3.07. The van der Waals surface area contributed by atoms with Crippen LogP contribution in [0.4, 0.5) is 11.4 Å². The van der Waals surface area contributed by atoms with Crippen molar-refractivity contribution in [3.8, 4) is 0 Å². The lowest BCUT2D eigenvalue weighted by atomic mass is 10.0. The van der Waals surface area contributed by atoms with E-state index in [9.17, 15) is 14.9 Å². The van der Waals surface area contributed by atoms with Gasteiger partial charge in [-0.25, -0.2) is 0 Å². The number of aryl methyl sites for hydroxylation is 1. The molecule has 3 rings (SSSR count). The van der Waals surface area contributed by atoms with Crippen molar-refractivity contribution in [2.75, 3.05) is 5.32 Å². The van der Waals surface area contributed by atoms with Gasteiger partial charge in [0.25, 0.3) is 5.69 Å². The van der Waals surface area contributed by atoms with Crippen molar-refractivity contribution in [2.45, 2.75) is 26.2 Å². The van der Waals surface area contributed by atoms with Crippen LogP contribution in [0.1, 0.15) is 24.8 Å². The summed E-state index contributed by atoms with van der Waals surface area (Å²) in [4.78, 5) is 22.3. The lowest BCUT2D eigenvalue weighted by Crippen LogP contribution is -2.22. The van der Waals surface area contributed by atoms with Crippen LogP contribution in [0.25, 0.3) is 0 Å². The number of nitro groups is 1. The molecule has 2 atom stereocenters. The quantitative estimate of drug-likeness (QED) is 0.671. The van der Waals surface area contributed by atoms with Gasteiger partial charge in [-0.3, -0.25) is 14.9 Å². The Morgan fingerprint density at radius 1 is 1.32 bits per heavy atom. The smallest absolute Gasteiger partial charge is 0.269 e. The summed E-state index contributed by atoms with van der Waals surface area (Å²) in [6.45, 7) is 1.77. The molecule has 0 saturated heterocycles. The molecule has 0 heterocycles. The van der Waals surface area contributed by atoms with Gasteiger partial charge in [-0.2, -0.15) is 0 Å². The van der Waals surface area contributed by atoms with E-state index in [4.69, 9.17) is 0 Å². The van der Waals surface area contributed by atoms with E-state index in [1.54, 1.807) is 13.0 Å². The van der Waals surface area contributed by atoms with E-state index < -0.39 is 4.92 Å². The standard InChI is InChI=1S/C14H16N2O3/c1-8-4-12(16(18)19)2-3-13(8)15-14(17)11-6-9-5-10(9)7-11/h2-4,9-11H,5-7H2,1H3,(H,15,17). The number of rotatable bonds is 3. The molecule has 2 saturated carbocycles. The summed E-state index contributed by atoms with van der Waals surface area (Å²) in [6.07, 6.45) is 3.30. The largest absolute Gasteiger partial charge is 0.326 e. The number of amides is 1. The molecule has 0 spiro atoms. The molecule has 0 aromatic heterocycles. The van der Waals surface area contributed by atoms with Crippen LogP contribution in [0, 0.1) is 34.8 Å². The number of benzene rings is 1. The van der Waals surface area contributed by atoms with E-state index >= 15 is 0 Å².